The van der Waals surface area contributed by atoms with Gasteiger partial charge in [0.05, 0.1) is 6.04 Å². The molecule has 1 atom stereocenters. The Labute approximate surface area is 125 Å². The van der Waals surface area contributed by atoms with Crippen LogP contribution in [0.5, 0.6) is 0 Å². The van der Waals surface area contributed by atoms with Crippen molar-refractivity contribution in [2.75, 3.05) is 0 Å². The Kier molecular flexibility index (Phi) is 5.60. The van der Waals surface area contributed by atoms with E-state index in [-0.39, 0.29) is 6.04 Å². The van der Waals surface area contributed by atoms with Crippen molar-refractivity contribution in [1.29, 1.82) is 0 Å². The number of benzene rings is 2. The van der Waals surface area contributed by atoms with E-state index in [9.17, 15) is 0 Å². The van der Waals surface area contributed by atoms with E-state index in [4.69, 9.17) is 17.4 Å². The first-order valence-electron chi connectivity index (χ1n) is 7.03. The first kappa shape index (κ1) is 15.0. The standard InChI is InChI=1S/C17H21ClN2/c1-2-6-13-7-5-9-15(11-13)17(20-19)12-14-8-3-4-10-16(14)18/h3-5,7-11,17,20H,2,6,12,19H2,1H3. The number of hydrogen-bond acceptors (Lipinski definition) is 2. The first-order valence-corrected chi connectivity index (χ1v) is 7.40. The van der Waals surface area contributed by atoms with Crippen molar-refractivity contribution in [3.05, 3.63) is 70.2 Å². The highest BCUT2D eigenvalue weighted by Gasteiger charge is 2.12. The Morgan fingerprint density at radius 1 is 1.15 bits per heavy atom. The average Bonchev–Trinajstić information content (AvgIpc) is 2.47. The number of hydrazine groups is 1. The summed E-state index contributed by atoms with van der Waals surface area (Å²) in [4.78, 5) is 0. The minimum atomic E-state index is 0.0757. The Morgan fingerprint density at radius 2 is 1.95 bits per heavy atom. The van der Waals surface area contributed by atoms with E-state index in [0.29, 0.717) is 0 Å². The van der Waals surface area contributed by atoms with E-state index in [2.05, 4.69) is 36.6 Å². The Morgan fingerprint density at radius 3 is 2.65 bits per heavy atom. The van der Waals surface area contributed by atoms with Crippen LogP contribution in [-0.2, 0) is 12.8 Å². The van der Waals surface area contributed by atoms with Crippen LogP contribution in [-0.4, -0.2) is 0 Å². The predicted molar refractivity (Wildman–Crippen MR) is 85.7 cm³/mol. The summed E-state index contributed by atoms with van der Waals surface area (Å²) in [5.74, 6) is 5.73. The van der Waals surface area contributed by atoms with Crippen LogP contribution in [0.25, 0.3) is 0 Å². The third kappa shape index (κ3) is 3.83. The molecule has 20 heavy (non-hydrogen) atoms. The summed E-state index contributed by atoms with van der Waals surface area (Å²) < 4.78 is 0. The Bertz CT molecular complexity index is 554. The SMILES string of the molecule is CCCc1cccc(C(Cc2ccccc2Cl)NN)c1. The molecule has 0 aliphatic carbocycles. The maximum absolute atomic E-state index is 6.23. The van der Waals surface area contributed by atoms with Crippen molar-refractivity contribution in [2.45, 2.75) is 32.2 Å². The molecule has 0 radical (unpaired) electrons. The fourth-order valence-corrected chi connectivity index (χ4v) is 2.62. The van der Waals surface area contributed by atoms with Crippen LogP contribution in [0.3, 0.4) is 0 Å². The molecule has 1 unspecified atom stereocenters. The molecular weight excluding hydrogens is 268 g/mol. The van der Waals surface area contributed by atoms with Crippen molar-refractivity contribution >= 4 is 11.6 Å². The van der Waals surface area contributed by atoms with Crippen LogP contribution in [0.1, 0.15) is 36.1 Å². The van der Waals surface area contributed by atoms with Gasteiger partial charge < -0.3 is 0 Å². The fourth-order valence-electron chi connectivity index (χ4n) is 2.41. The molecule has 0 bridgehead atoms. The molecule has 0 heterocycles. The van der Waals surface area contributed by atoms with Crippen LogP contribution < -0.4 is 11.3 Å². The molecule has 106 valence electrons. The number of nitrogens with one attached hydrogen (secondary N) is 1. The van der Waals surface area contributed by atoms with Gasteiger partial charge >= 0.3 is 0 Å². The number of hydrogen-bond donors (Lipinski definition) is 2. The van der Waals surface area contributed by atoms with E-state index in [1.165, 1.54) is 11.1 Å². The zero-order chi connectivity index (χ0) is 14.4. The Balaban J connectivity index is 2.20. The van der Waals surface area contributed by atoms with Gasteiger partial charge in [-0.3, -0.25) is 11.3 Å². The van der Waals surface area contributed by atoms with E-state index < -0.39 is 0 Å². The van der Waals surface area contributed by atoms with Gasteiger partial charge in [-0.05, 0) is 35.6 Å². The lowest BCUT2D eigenvalue weighted by atomic mass is 9.97. The van der Waals surface area contributed by atoms with E-state index in [0.717, 1.165) is 29.8 Å². The second-order valence-corrected chi connectivity index (χ2v) is 5.42. The highest BCUT2D eigenvalue weighted by atomic mass is 35.5. The molecule has 0 aliphatic heterocycles. The zero-order valence-electron chi connectivity index (χ0n) is 11.8. The highest BCUT2D eigenvalue weighted by molar-refractivity contribution is 6.31. The summed E-state index contributed by atoms with van der Waals surface area (Å²) in [6.07, 6.45) is 3.03. The lowest BCUT2D eigenvalue weighted by molar-refractivity contribution is 0.551. The lowest BCUT2D eigenvalue weighted by Gasteiger charge is -2.18. The summed E-state index contributed by atoms with van der Waals surface area (Å²) in [7, 11) is 0. The fraction of sp³-hybridized carbons (Fsp3) is 0.294. The second kappa shape index (κ2) is 7.44. The molecule has 2 aromatic carbocycles. The molecule has 0 saturated carbocycles. The van der Waals surface area contributed by atoms with Gasteiger partial charge in [0, 0.05) is 5.02 Å². The monoisotopic (exact) mass is 288 g/mol. The minimum Gasteiger partial charge on any atom is -0.271 e. The van der Waals surface area contributed by atoms with Gasteiger partial charge in [0.25, 0.3) is 0 Å². The summed E-state index contributed by atoms with van der Waals surface area (Å²) in [6, 6.07) is 16.6. The molecule has 0 amide bonds. The topological polar surface area (TPSA) is 38.0 Å². The molecule has 3 N–H and O–H groups in total. The number of aryl methyl sites for hydroxylation is 1. The maximum Gasteiger partial charge on any atom is 0.0500 e. The van der Waals surface area contributed by atoms with Gasteiger partial charge in [0.15, 0.2) is 0 Å². The molecule has 2 nitrogen and oxygen atoms in total. The van der Waals surface area contributed by atoms with Crippen molar-refractivity contribution < 1.29 is 0 Å². The zero-order valence-corrected chi connectivity index (χ0v) is 12.5. The average molecular weight is 289 g/mol. The molecule has 0 aromatic heterocycles. The summed E-state index contributed by atoms with van der Waals surface area (Å²) in [6.45, 7) is 2.19. The molecule has 2 aromatic rings. The molecule has 0 aliphatic rings. The first-order chi connectivity index (χ1) is 9.74. The summed E-state index contributed by atoms with van der Waals surface area (Å²) in [5, 5.41) is 0.789. The van der Waals surface area contributed by atoms with Crippen molar-refractivity contribution in [1.82, 2.24) is 5.43 Å². The van der Waals surface area contributed by atoms with Crippen LogP contribution in [0.4, 0.5) is 0 Å². The quantitative estimate of drug-likeness (QED) is 0.622. The molecule has 3 heteroatoms. The van der Waals surface area contributed by atoms with Gasteiger partial charge in [-0.25, -0.2) is 0 Å². The van der Waals surface area contributed by atoms with Crippen molar-refractivity contribution in [3.8, 4) is 0 Å². The van der Waals surface area contributed by atoms with Gasteiger partial charge in [0.2, 0.25) is 0 Å². The normalized spacial score (nSPS) is 12.3. The number of halogens is 1. The molecular formula is C17H21ClN2. The third-order valence-corrected chi connectivity index (χ3v) is 3.84. The van der Waals surface area contributed by atoms with E-state index in [1.807, 2.05) is 24.3 Å². The number of nitrogens with two attached hydrogens (primary N) is 1. The second-order valence-electron chi connectivity index (χ2n) is 5.01. The lowest BCUT2D eigenvalue weighted by Crippen LogP contribution is -2.29. The van der Waals surface area contributed by atoms with E-state index >= 15 is 0 Å². The van der Waals surface area contributed by atoms with Gasteiger partial charge in [-0.1, -0.05) is 67.4 Å². The number of rotatable bonds is 6. The van der Waals surface area contributed by atoms with Crippen LogP contribution in [0.2, 0.25) is 5.02 Å². The summed E-state index contributed by atoms with van der Waals surface area (Å²) in [5.41, 5.74) is 6.57. The van der Waals surface area contributed by atoms with Gasteiger partial charge in [-0.2, -0.15) is 0 Å². The smallest absolute Gasteiger partial charge is 0.0500 e. The molecule has 0 saturated heterocycles. The maximum atomic E-state index is 6.23. The predicted octanol–water partition coefficient (Wildman–Crippen LogP) is 4.04. The van der Waals surface area contributed by atoms with Gasteiger partial charge in [0.1, 0.15) is 0 Å². The highest BCUT2D eigenvalue weighted by Crippen LogP contribution is 2.23. The molecule has 2 rings (SSSR count). The van der Waals surface area contributed by atoms with Crippen molar-refractivity contribution in [2.24, 2.45) is 5.84 Å². The van der Waals surface area contributed by atoms with Crippen LogP contribution in [0, 0.1) is 0 Å². The van der Waals surface area contributed by atoms with Crippen LogP contribution in [0.15, 0.2) is 48.5 Å². The van der Waals surface area contributed by atoms with Crippen molar-refractivity contribution in [3.63, 3.8) is 0 Å². The molecule has 0 fully saturated rings. The van der Waals surface area contributed by atoms with Gasteiger partial charge in [-0.15, -0.1) is 0 Å². The van der Waals surface area contributed by atoms with Crippen LogP contribution >= 0.6 is 11.6 Å². The van der Waals surface area contributed by atoms with E-state index in [1.54, 1.807) is 0 Å². The minimum absolute atomic E-state index is 0.0757. The third-order valence-electron chi connectivity index (χ3n) is 3.48. The Hall–Kier alpha value is -1.35. The largest absolute Gasteiger partial charge is 0.271 e. The molecule has 0 spiro atoms. The summed E-state index contributed by atoms with van der Waals surface area (Å²) >= 11 is 6.23.